The van der Waals surface area contributed by atoms with E-state index in [-0.39, 0.29) is 16.7 Å². The number of rotatable bonds is 9. The second kappa shape index (κ2) is 10.6. The maximum absolute atomic E-state index is 12.9. The summed E-state index contributed by atoms with van der Waals surface area (Å²) in [6.45, 7) is 11.3. The van der Waals surface area contributed by atoms with Gasteiger partial charge in [0.2, 0.25) is 21.8 Å². The van der Waals surface area contributed by atoms with Crippen LogP contribution in [0.25, 0.3) is 11.0 Å². The minimum absolute atomic E-state index is 0.0538. The van der Waals surface area contributed by atoms with Crippen molar-refractivity contribution in [3.05, 3.63) is 24.0 Å². The number of benzene rings is 1. The van der Waals surface area contributed by atoms with Gasteiger partial charge in [-0.3, -0.25) is 9.59 Å². The molecule has 1 aromatic heterocycles. The first-order chi connectivity index (χ1) is 15.8. The number of imidazole rings is 1. The van der Waals surface area contributed by atoms with Gasteiger partial charge in [0.05, 0.1) is 15.9 Å². The lowest BCUT2D eigenvalue weighted by Gasteiger charge is -2.34. The summed E-state index contributed by atoms with van der Waals surface area (Å²) in [7, 11) is -3.56. The molecule has 0 aliphatic carbocycles. The maximum Gasteiger partial charge on any atom is 0.243 e. The van der Waals surface area contributed by atoms with E-state index >= 15 is 0 Å². The zero-order valence-corrected chi connectivity index (χ0v) is 20.9. The predicted molar refractivity (Wildman–Crippen MR) is 127 cm³/mol. The second-order valence-corrected chi connectivity index (χ2v) is 10.1. The lowest BCUT2D eigenvalue weighted by atomic mass is 10.2. The Bertz CT molecular complexity index is 1100. The zero-order chi connectivity index (χ0) is 24.2. The van der Waals surface area contributed by atoms with E-state index in [0.29, 0.717) is 70.6 Å². The molecule has 0 N–H and O–H groups in total. The van der Waals surface area contributed by atoms with E-state index in [4.69, 9.17) is 0 Å². The van der Waals surface area contributed by atoms with Crippen molar-refractivity contribution in [1.29, 1.82) is 0 Å². The van der Waals surface area contributed by atoms with Gasteiger partial charge < -0.3 is 14.4 Å². The molecule has 2 amide bonds. The summed E-state index contributed by atoms with van der Waals surface area (Å²) in [5.74, 6) is 0.956. The Hall–Kier alpha value is -2.46. The molecular weight excluding hydrogens is 442 g/mol. The molecule has 9 nitrogen and oxygen atoms in total. The van der Waals surface area contributed by atoms with Crippen LogP contribution in [0.1, 0.15) is 46.4 Å². The predicted octanol–water partition coefficient (Wildman–Crippen LogP) is 2.10. The SMILES string of the molecule is CCC(=O)N1CCN(C(=O)CCc2nc3cc(S(=O)(=O)N(CC)CC)ccc3n2CC)CC1. The van der Waals surface area contributed by atoms with Crippen LogP contribution in [0.5, 0.6) is 0 Å². The molecule has 182 valence electrons. The first kappa shape index (κ1) is 25.2. The highest BCUT2D eigenvalue weighted by molar-refractivity contribution is 7.89. The number of fused-ring (bicyclic) bond motifs is 1. The molecule has 0 spiro atoms. The van der Waals surface area contributed by atoms with Gasteiger partial charge in [0.15, 0.2) is 0 Å². The van der Waals surface area contributed by atoms with Crippen molar-refractivity contribution >= 4 is 32.9 Å². The molecule has 1 aliphatic heterocycles. The summed E-state index contributed by atoms with van der Waals surface area (Å²) in [5.41, 5.74) is 1.49. The summed E-state index contributed by atoms with van der Waals surface area (Å²) in [6, 6.07) is 5.07. The van der Waals surface area contributed by atoms with Crippen molar-refractivity contribution in [3.8, 4) is 0 Å². The van der Waals surface area contributed by atoms with Crippen LogP contribution in [0.15, 0.2) is 23.1 Å². The third-order valence-electron chi connectivity index (χ3n) is 6.31. The van der Waals surface area contributed by atoms with E-state index in [9.17, 15) is 18.0 Å². The largest absolute Gasteiger partial charge is 0.339 e. The lowest BCUT2D eigenvalue weighted by molar-refractivity contribution is -0.139. The van der Waals surface area contributed by atoms with Gasteiger partial charge in [-0.05, 0) is 25.1 Å². The van der Waals surface area contributed by atoms with Gasteiger partial charge in [-0.1, -0.05) is 20.8 Å². The number of carbonyl (C=O) groups excluding carboxylic acids is 2. The molecule has 0 radical (unpaired) electrons. The number of carbonyl (C=O) groups is 2. The van der Waals surface area contributed by atoms with Gasteiger partial charge in [0.1, 0.15) is 5.82 Å². The van der Waals surface area contributed by atoms with E-state index in [0.717, 1.165) is 11.3 Å². The van der Waals surface area contributed by atoms with E-state index in [1.807, 2.05) is 42.1 Å². The molecule has 1 fully saturated rings. The highest BCUT2D eigenvalue weighted by Gasteiger charge is 2.25. The van der Waals surface area contributed by atoms with Gasteiger partial charge in [-0.25, -0.2) is 13.4 Å². The molecule has 2 aromatic rings. The Balaban J connectivity index is 1.73. The van der Waals surface area contributed by atoms with Crippen LogP contribution in [0, 0.1) is 0 Å². The van der Waals surface area contributed by atoms with Crippen LogP contribution in [0.2, 0.25) is 0 Å². The normalized spacial score (nSPS) is 14.9. The van der Waals surface area contributed by atoms with Crippen molar-refractivity contribution in [2.24, 2.45) is 0 Å². The van der Waals surface area contributed by atoms with E-state index in [1.54, 1.807) is 18.2 Å². The summed E-state index contributed by atoms with van der Waals surface area (Å²) in [5, 5.41) is 0. The van der Waals surface area contributed by atoms with Crippen LogP contribution in [0.4, 0.5) is 0 Å². The molecule has 2 heterocycles. The summed E-state index contributed by atoms with van der Waals surface area (Å²) < 4.78 is 29.2. The zero-order valence-electron chi connectivity index (χ0n) is 20.1. The topological polar surface area (TPSA) is 95.8 Å². The fourth-order valence-corrected chi connectivity index (χ4v) is 5.86. The fraction of sp³-hybridized carbons (Fsp3) is 0.609. The average molecular weight is 478 g/mol. The van der Waals surface area contributed by atoms with Crippen LogP contribution in [-0.2, 0) is 32.6 Å². The van der Waals surface area contributed by atoms with Crippen molar-refractivity contribution in [1.82, 2.24) is 23.7 Å². The Morgan fingerprint density at radius 1 is 0.970 bits per heavy atom. The van der Waals surface area contributed by atoms with E-state index in [1.165, 1.54) is 4.31 Å². The smallest absolute Gasteiger partial charge is 0.243 e. The number of amides is 2. The number of aryl methyl sites for hydroxylation is 2. The molecule has 1 aromatic carbocycles. The van der Waals surface area contributed by atoms with Gasteiger partial charge in [-0.15, -0.1) is 0 Å². The molecule has 0 unspecified atom stereocenters. The first-order valence-corrected chi connectivity index (χ1v) is 13.3. The molecule has 33 heavy (non-hydrogen) atoms. The van der Waals surface area contributed by atoms with Crippen molar-refractivity contribution < 1.29 is 18.0 Å². The molecule has 0 atom stereocenters. The average Bonchev–Trinajstić information content (AvgIpc) is 3.19. The Labute approximate surface area is 196 Å². The third-order valence-corrected chi connectivity index (χ3v) is 8.35. The van der Waals surface area contributed by atoms with Crippen LogP contribution >= 0.6 is 0 Å². The molecular formula is C23H35N5O4S. The fourth-order valence-electron chi connectivity index (χ4n) is 4.38. The van der Waals surface area contributed by atoms with E-state index < -0.39 is 10.0 Å². The van der Waals surface area contributed by atoms with Gasteiger partial charge in [-0.2, -0.15) is 4.31 Å². The standard InChI is InChI=1S/C23H35N5O4S/c1-5-22(29)25-13-15-26(16-14-25)23(30)12-11-21-24-19-17-18(9-10-20(19)28(21)8-4)33(31,32)27(6-2)7-3/h9-10,17H,5-8,11-16H2,1-4H3. The number of sulfonamides is 1. The van der Waals surface area contributed by atoms with Crippen molar-refractivity contribution in [2.75, 3.05) is 39.3 Å². The summed E-state index contributed by atoms with van der Waals surface area (Å²) >= 11 is 0. The first-order valence-electron chi connectivity index (χ1n) is 11.8. The van der Waals surface area contributed by atoms with Gasteiger partial charge >= 0.3 is 0 Å². The highest BCUT2D eigenvalue weighted by Crippen LogP contribution is 2.24. The van der Waals surface area contributed by atoms with Gasteiger partial charge in [0.25, 0.3) is 0 Å². The van der Waals surface area contributed by atoms with Crippen molar-refractivity contribution in [2.45, 2.75) is 58.4 Å². The Morgan fingerprint density at radius 2 is 1.58 bits per heavy atom. The Morgan fingerprint density at radius 3 is 2.12 bits per heavy atom. The maximum atomic E-state index is 12.9. The molecule has 0 saturated carbocycles. The highest BCUT2D eigenvalue weighted by atomic mass is 32.2. The van der Waals surface area contributed by atoms with Crippen LogP contribution in [0.3, 0.4) is 0 Å². The van der Waals surface area contributed by atoms with Gasteiger partial charge in [0, 0.05) is 65.1 Å². The van der Waals surface area contributed by atoms with Crippen molar-refractivity contribution in [3.63, 3.8) is 0 Å². The number of nitrogens with zero attached hydrogens (tertiary/aromatic N) is 5. The second-order valence-electron chi connectivity index (χ2n) is 8.13. The van der Waals surface area contributed by atoms with Crippen LogP contribution in [-0.4, -0.2) is 83.2 Å². The molecule has 10 heteroatoms. The molecule has 3 rings (SSSR count). The minimum atomic E-state index is -3.56. The number of aromatic nitrogens is 2. The number of hydrogen-bond acceptors (Lipinski definition) is 5. The minimum Gasteiger partial charge on any atom is -0.339 e. The van der Waals surface area contributed by atoms with Crippen LogP contribution < -0.4 is 0 Å². The van der Waals surface area contributed by atoms with E-state index in [2.05, 4.69) is 4.98 Å². The quantitative estimate of drug-likeness (QED) is 0.551. The molecule has 1 saturated heterocycles. The Kier molecular flexibility index (Phi) is 8.12. The monoisotopic (exact) mass is 477 g/mol. The lowest BCUT2D eigenvalue weighted by Crippen LogP contribution is -2.50. The summed E-state index contributed by atoms with van der Waals surface area (Å²) in [6.07, 6.45) is 1.29. The summed E-state index contributed by atoms with van der Waals surface area (Å²) in [4.78, 5) is 33.1. The number of piperazine rings is 1. The third kappa shape index (κ3) is 5.22. The molecule has 0 bridgehead atoms. The number of hydrogen-bond donors (Lipinski definition) is 0. The molecule has 1 aliphatic rings.